The molecule has 2 aromatic rings. The first-order valence-electron chi connectivity index (χ1n) is 5.20. The van der Waals surface area contributed by atoms with Crippen molar-refractivity contribution in [3.8, 4) is 5.75 Å². The van der Waals surface area contributed by atoms with Crippen LogP contribution in [0.2, 0.25) is 0 Å². The maximum absolute atomic E-state index is 9.95. The first kappa shape index (κ1) is 8.77. The van der Waals surface area contributed by atoms with E-state index >= 15 is 0 Å². The molecule has 0 unspecified atom stereocenters. The minimum Gasteiger partial charge on any atom is -0.508 e. The van der Waals surface area contributed by atoms with Crippen molar-refractivity contribution in [2.45, 2.75) is 32.1 Å². The fraction of sp³-hybridized carbons (Fsp3) is 0.417. The molecule has 1 aliphatic carbocycles. The second-order valence-corrected chi connectivity index (χ2v) is 4.85. The molecule has 78 valence electrons. The van der Waals surface area contributed by atoms with Gasteiger partial charge in [0.05, 0.1) is 11.1 Å². The van der Waals surface area contributed by atoms with Crippen molar-refractivity contribution in [3.05, 3.63) is 23.4 Å². The molecule has 1 N–H and O–H groups in total. The van der Waals surface area contributed by atoms with Crippen LogP contribution in [0.4, 0.5) is 0 Å². The Morgan fingerprint density at radius 3 is 3.00 bits per heavy atom. The molecule has 0 amide bonds. The quantitative estimate of drug-likeness (QED) is 0.716. The number of aryl methyl sites for hydroxylation is 1. The van der Waals surface area contributed by atoms with Gasteiger partial charge in [-0.05, 0) is 30.4 Å². The van der Waals surface area contributed by atoms with E-state index in [1.807, 2.05) is 0 Å². The molecule has 1 aromatic carbocycles. The van der Waals surface area contributed by atoms with Crippen molar-refractivity contribution in [1.29, 1.82) is 0 Å². The molecule has 1 heterocycles. The van der Waals surface area contributed by atoms with E-state index in [0.717, 1.165) is 35.1 Å². The predicted octanol–water partition coefficient (Wildman–Crippen LogP) is 2.76. The van der Waals surface area contributed by atoms with Crippen LogP contribution in [0.25, 0.3) is 11.0 Å². The molecule has 0 fully saturated rings. The Labute approximate surface area is 87.7 Å². The number of rotatable bonds is 0. The number of nitrogens with zero attached hydrogens (tertiary/aromatic N) is 1. The summed E-state index contributed by atoms with van der Waals surface area (Å²) in [5.41, 5.74) is 2.76. The van der Waals surface area contributed by atoms with Crippen molar-refractivity contribution in [2.24, 2.45) is 0 Å². The number of aromatic nitrogens is 1. The van der Waals surface area contributed by atoms with Gasteiger partial charge in [-0.1, -0.05) is 19.0 Å². The normalized spacial score (nSPS) is 18.3. The van der Waals surface area contributed by atoms with Gasteiger partial charge in [-0.3, -0.25) is 0 Å². The highest BCUT2D eigenvalue weighted by Gasteiger charge is 2.33. The zero-order chi connectivity index (χ0) is 10.6. The predicted molar refractivity (Wildman–Crippen MR) is 57.0 cm³/mol. The third kappa shape index (κ3) is 1.03. The van der Waals surface area contributed by atoms with Crippen molar-refractivity contribution in [2.75, 3.05) is 0 Å². The lowest BCUT2D eigenvalue weighted by Gasteiger charge is -2.29. The van der Waals surface area contributed by atoms with Crippen molar-refractivity contribution < 1.29 is 9.63 Å². The highest BCUT2D eigenvalue weighted by atomic mass is 16.5. The van der Waals surface area contributed by atoms with Gasteiger partial charge in [-0.25, -0.2) is 0 Å². The Hall–Kier alpha value is -1.51. The summed E-state index contributed by atoms with van der Waals surface area (Å²) in [5.74, 6) is 0.358. The minimum absolute atomic E-state index is 0.00213. The molecule has 1 aliphatic rings. The number of hydrogen-bond donors (Lipinski definition) is 1. The number of phenols is 1. The van der Waals surface area contributed by atoms with Crippen LogP contribution in [0.5, 0.6) is 5.75 Å². The van der Waals surface area contributed by atoms with Crippen LogP contribution in [0.1, 0.15) is 31.5 Å². The third-order valence-electron chi connectivity index (χ3n) is 3.35. The van der Waals surface area contributed by atoms with Gasteiger partial charge in [-0.2, -0.15) is 0 Å². The van der Waals surface area contributed by atoms with Gasteiger partial charge in [0.1, 0.15) is 5.75 Å². The van der Waals surface area contributed by atoms with E-state index in [2.05, 4.69) is 19.0 Å². The average Bonchev–Trinajstić information content (AvgIpc) is 2.57. The van der Waals surface area contributed by atoms with Crippen molar-refractivity contribution >= 4 is 11.0 Å². The summed E-state index contributed by atoms with van der Waals surface area (Å²) < 4.78 is 5.25. The lowest BCUT2D eigenvalue weighted by molar-refractivity contribution is 0.410. The van der Waals surface area contributed by atoms with Crippen LogP contribution in [-0.4, -0.2) is 10.3 Å². The van der Waals surface area contributed by atoms with E-state index in [4.69, 9.17) is 4.52 Å². The van der Waals surface area contributed by atoms with Crippen LogP contribution in [-0.2, 0) is 11.8 Å². The topological polar surface area (TPSA) is 46.3 Å². The first-order valence-corrected chi connectivity index (χ1v) is 5.20. The van der Waals surface area contributed by atoms with E-state index in [1.165, 1.54) is 0 Å². The molecule has 0 bridgehead atoms. The van der Waals surface area contributed by atoms with Gasteiger partial charge in [0, 0.05) is 5.56 Å². The molecule has 1 aromatic heterocycles. The summed E-state index contributed by atoms with van der Waals surface area (Å²) in [6.07, 6.45) is 1.93. The first-order chi connectivity index (χ1) is 7.09. The molecule has 0 saturated heterocycles. The van der Waals surface area contributed by atoms with Crippen LogP contribution in [0.3, 0.4) is 0 Å². The molecule has 0 aliphatic heterocycles. The Morgan fingerprint density at radius 2 is 2.20 bits per heavy atom. The largest absolute Gasteiger partial charge is 0.508 e. The summed E-state index contributed by atoms with van der Waals surface area (Å²) in [4.78, 5) is 0. The second kappa shape index (κ2) is 2.54. The summed E-state index contributed by atoms with van der Waals surface area (Å²) in [7, 11) is 0. The number of phenolic OH excluding ortho intramolecular Hbond substituents is 1. The summed E-state index contributed by atoms with van der Waals surface area (Å²) >= 11 is 0. The maximum atomic E-state index is 9.95. The molecule has 3 rings (SSSR count). The van der Waals surface area contributed by atoms with Crippen molar-refractivity contribution in [3.63, 3.8) is 0 Å². The zero-order valence-electron chi connectivity index (χ0n) is 8.87. The standard InChI is InChI=1S/C12H13NO2/c1-12(2)6-5-7-10-9(15-13-7)4-3-8(14)11(10)12/h3-4,14H,5-6H2,1-2H3. The molecule has 0 saturated carbocycles. The Balaban J connectivity index is 2.50. The van der Waals surface area contributed by atoms with Gasteiger partial charge < -0.3 is 9.63 Å². The Kier molecular flexibility index (Phi) is 1.48. The Bertz CT molecular complexity index is 540. The SMILES string of the molecule is CC1(C)CCc2noc3ccc(O)c1c23. The van der Waals surface area contributed by atoms with Crippen LogP contribution >= 0.6 is 0 Å². The lowest BCUT2D eigenvalue weighted by atomic mass is 9.74. The molecule has 0 radical (unpaired) electrons. The highest BCUT2D eigenvalue weighted by molar-refractivity contribution is 5.87. The third-order valence-corrected chi connectivity index (χ3v) is 3.35. The minimum atomic E-state index is 0.00213. The molecule has 15 heavy (non-hydrogen) atoms. The van der Waals surface area contributed by atoms with E-state index in [1.54, 1.807) is 12.1 Å². The van der Waals surface area contributed by atoms with Gasteiger partial charge >= 0.3 is 0 Å². The monoisotopic (exact) mass is 203 g/mol. The van der Waals surface area contributed by atoms with Crippen LogP contribution in [0.15, 0.2) is 16.7 Å². The molecule has 0 spiro atoms. The second-order valence-electron chi connectivity index (χ2n) is 4.85. The van der Waals surface area contributed by atoms with Gasteiger partial charge in [-0.15, -0.1) is 0 Å². The van der Waals surface area contributed by atoms with Gasteiger partial charge in [0.15, 0.2) is 5.58 Å². The Morgan fingerprint density at radius 1 is 1.40 bits per heavy atom. The molecular formula is C12H13NO2. The molecule has 0 atom stereocenters. The smallest absolute Gasteiger partial charge is 0.167 e. The fourth-order valence-electron chi connectivity index (χ4n) is 2.50. The molecule has 3 heteroatoms. The number of hydrogen-bond acceptors (Lipinski definition) is 3. The average molecular weight is 203 g/mol. The van der Waals surface area contributed by atoms with E-state index in [0.29, 0.717) is 5.75 Å². The summed E-state index contributed by atoms with van der Waals surface area (Å²) in [6, 6.07) is 3.48. The maximum Gasteiger partial charge on any atom is 0.167 e. The van der Waals surface area contributed by atoms with Gasteiger partial charge in [0.2, 0.25) is 0 Å². The number of benzene rings is 1. The summed E-state index contributed by atoms with van der Waals surface area (Å²) in [6.45, 7) is 4.30. The van der Waals surface area contributed by atoms with E-state index in [9.17, 15) is 5.11 Å². The van der Waals surface area contributed by atoms with Crippen LogP contribution < -0.4 is 0 Å². The summed E-state index contributed by atoms with van der Waals surface area (Å²) in [5, 5.41) is 15.0. The zero-order valence-corrected chi connectivity index (χ0v) is 8.87. The number of aromatic hydroxyl groups is 1. The van der Waals surface area contributed by atoms with Gasteiger partial charge in [0.25, 0.3) is 0 Å². The van der Waals surface area contributed by atoms with E-state index in [-0.39, 0.29) is 5.41 Å². The lowest BCUT2D eigenvalue weighted by Crippen LogP contribution is -2.22. The highest BCUT2D eigenvalue weighted by Crippen LogP contribution is 2.44. The van der Waals surface area contributed by atoms with Crippen molar-refractivity contribution in [1.82, 2.24) is 5.16 Å². The van der Waals surface area contributed by atoms with Crippen LogP contribution in [0, 0.1) is 0 Å². The fourth-order valence-corrected chi connectivity index (χ4v) is 2.50. The van der Waals surface area contributed by atoms with E-state index < -0.39 is 0 Å². The molecule has 3 nitrogen and oxygen atoms in total. The molecular weight excluding hydrogens is 190 g/mol.